The summed E-state index contributed by atoms with van der Waals surface area (Å²) in [5, 5.41) is 5.82. The number of carbonyl (C=O) groups excluding carboxylic acids is 3. The molecule has 0 aliphatic rings. The highest BCUT2D eigenvalue weighted by molar-refractivity contribution is 7.18. The van der Waals surface area contributed by atoms with E-state index in [1.165, 1.54) is 0 Å². The van der Waals surface area contributed by atoms with Gasteiger partial charge in [0.2, 0.25) is 0 Å². The molecule has 2 amide bonds. The highest BCUT2D eigenvalue weighted by Crippen LogP contribution is 2.34. The van der Waals surface area contributed by atoms with E-state index in [9.17, 15) is 14.4 Å². The highest BCUT2D eigenvalue weighted by atomic mass is 32.1. The first-order chi connectivity index (χ1) is 13.4. The maximum absolute atomic E-state index is 12.6. The summed E-state index contributed by atoms with van der Waals surface area (Å²) in [5.41, 5.74) is 1.09. The second kappa shape index (κ2) is 9.89. The number of thiophene rings is 1. The Hall–Kier alpha value is -2.87. The molecule has 0 saturated carbocycles. The number of hydrogen-bond donors (Lipinski definition) is 2. The van der Waals surface area contributed by atoms with Crippen molar-refractivity contribution in [2.75, 3.05) is 25.6 Å². The molecule has 7 nitrogen and oxygen atoms in total. The van der Waals surface area contributed by atoms with Crippen LogP contribution in [0.4, 0.5) is 5.00 Å². The monoisotopic (exact) mass is 404 g/mol. The first-order valence-electron chi connectivity index (χ1n) is 8.96. The largest absolute Gasteiger partial charge is 0.497 e. The number of hydrogen-bond acceptors (Lipinski definition) is 6. The van der Waals surface area contributed by atoms with Crippen molar-refractivity contribution in [3.63, 3.8) is 0 Å². The van der Waals surface area contributed by atoms with E-state index in [1.807, 2.05) is 6.92 Å². The van der Waals surface area contributed by atoms with Gasteiger partial charge in [-0.25, -0.2) is 4.79 Å². The van der Waals surface area contributed by atoms with Gasteiger partial charge in [0.05, 0.1) is 24.2 Å². The van der Waals surface area contributed by atoms with Gasteiger partial charge < -0.3 is 20.1 Å². The molecule has 1 aromatic carbocycles. The Bertz CT molecular complexity index is 858. The lowest BCUT2D eigenvalue weighted by molar-refractivity contribution is 0.0527. The number of nitrogens with one attached hydrogen (secondary N) is 2. The smallest absolute Gasteiger partial charge is 0.341 e. The number of ether oxygens (including phenoxy) is 2. The van der Waals surface area contributed by atoms with Crippen molar-refractivity contribution in [1.82, 2.24) is 5.32 Å². The lowest BCUT2D eigenvalue weighted by Crippen LogP contribution is -2.23. The number of rotatable bonds is 8. The molecule has 0 aliphatic carbocycles. The van der Waals surface area contributed by atoms with Gasteiger partial charge in [-0.05, 0) is 50.1 Å². The molecule has 28 heavy (non-hydrogen) atoms. The van der Waals surface area contributed by atoms with E-state index in [1.54, 1.807) is 45.2 Å². The second-order valence-corrected chi connectivity index (χ2v) is 6.94. The van der Waals surface area contributed by atoms with Crippen LogP contribution in [0.3, 0.4) is 0 Å². The molecule has 1 heterocycles. The molecule has 0 aliphatic heterocycles. The number of methoxy groups -OCH3 is 1. The molecule has 0 radical (unpaired) electrons. The molecule has 0 spiro atoms. The van der Waals surface area contributed by atoms with Gasteiger partial charge in [-0.15, -0.1) is 11.3 Å². The Kier molecular flexibility index (Phi) is 7.57. The zero-order chi connectivity index (χ0) is 20.7. The Balaban J connectivity index is 2.35. The van der Waals surface area contributed by atoms with Crippen molar-refractivity contribution in [3.8, 4) is 5.75 Å². The van der Waals surface area contributed by atoms with Crippen LogP contribution in [0.2, 0.25) is 0 Å². The fourth-order valence-corrected chi connectivity index (χ4v) is 3.61. The van der Waals surface area contributed by atoms with Crippen LogP contribution in [-0.2, 0) is 4.74 Å². The Morgan fingerprint density at radius 1 is 1.07 bits per heavy atom. The summed E-state index contributed by atoms with van der Waals surface area (Å²) < 4.78 is 10.2. The van der Waals surface area contributed by atoms with E-state index >= 15 is 0 Å². The van der Waals surface area contributed by atoms with Gasteiger partial charge in [0.25, 0.3) is 11.8 Å². The molecule has 150 valence electrons. The highest BCUT2D eigenvalue weighted by Gasteiger charge is 2.26. The van der Waals surface area contributed by atoms with Crippen LogP contribution in [0.15, 0.2) is 24.3 Å². The van der Waals surface area contributed by atoms with Gasteiger partial charge >= 0.3 is 5.97 Å². The Labute approximate surface area is 168 Å². The number of anilines is 1. The number of amides is 2. The van der Waals surface area contributed by atoms with E-state index in [0.717, 1.165) is 17.8 Å². The first-order valence-corrected chi connectivity index (χ1v) is 9.78. The normalized spacial score (nSPS) is 10.3. The molecule has 0 fully saturated rings. The Morgan fingerprint density at radius 3 is 2.32 bits per heavy atom. The van der Waals surface area contributed by atoms with Crippen molar-refractivity contribution in [2.45, 2.75) is 27.2 Å². The lowest BCUT2D eigenvalue weighted by atomic mass is 10.1. The van der Waals surface area contributed by atoms with E-state index in [0.29, 0.717) is 33.3 Å². The third kappa shape index (κ3) is 4.89. The third-order valence-corrected chi connectivity index (χ3v) is 5.15. The number of benzene rings is 1. The summed E-state index contributed by atoms with van der Waals surface area (Å²) in [7, 11) is 1.54. The van der Waals surface area contributed by atoms with E-state index < -0.39 is 11.9 Å². The molecule has 8 heteroatoms. The maximum atomic E-state index is 12.6. The van der Waals surface area contributed by atoms with E-state index in [4.69, 9.17) is 9.47 Å². The molecule has 1 aromatic heterocycles. The van der Waals surface area contributed by atoms with E-state index in [2.05, 4.69) is 10.6 Å². The van der Waals surface area contributed by atoms with Gasteiger partial charge in [-0.1, -0.05) is 6.92 Å². The molecule has 0 atom stereocenters. The molecule has 2 N–H and O–H groups in total. The third-order valence-electron chi connectivity index (χ3n) is 3.95. The lowest BCUT2D eigenvalue weighted by Gasteiger charge is -2.07. The summed E-state index contributed by atoms with van der Waals surface area (Å²) in [6.45, 7) is 6.04. The zero-order valence-electron chi connectivity index (χ0n) is 16.4. The fourth-order valence-electron chi connectivity index (χ4n) is 2.50. The topological polar surface area (TPSA) is 93.7 Å². The van der Waals surface area contributed by atoms with Crippen molar-refractivity contribution in [3.05, 3.63) is 45.8 Å². The molecule has 2 aromatic rings. The van der Waals surface area contributed by atoms with Crippen LogP contribution in [0.25, 0.3) is 0 Å². The minimum absolute atomic E-state index is 0.192. The fraction of sp³-hybridized carbons (Fsp3) is 0.350. The van der Waals surface area contributed by atoms with Crippen molar-refractivity contribution in [2.24, 2.45) is 0 Å². The molecule has 2 rings (SSSR count). The summed E-state index contributed by atoms with van der Waals surface area (Å²) in [5.74, 6) is -0.615. The average molecular weight is 404 g/mol. The quantitative estimate of drug-likeness (QED) is 0.655. The van der Waals surface area contributed by atoms with Crippen LogP contribution in [0.1, 0.15) is 56.2 Å². The van der Waals surface area contributed by atoms with Crippen molar-refractivity contribution in [1.29, 1.82) is 0 Å². The standard InChI is InChI=1S/C20H24N2O5S/c1-5-11-21-18(24)16-12(3)15(20(25)27-6-2)19(28-16)22-17(23)13-7-9-14(26-4)10-8-13/h7-10H,5-6,11H2,1-4H3,(H,21,24)(H,22,23). The Morgan fingerprint density at radius 2 is 1.75 bits per heavy atom. The maximum Gasteiger partial charge on any atom is 0.341 e. The molecular formula is C20H24N2O5S. The van der Waals surface area contributed by atoms with Crippen molar-refractivity contribution < 1.29 is 23.9 Å². The average Bonchev–Trinajstić information content (AvgIpc) is 3.02. The first kappa shape index (κ1) is 21.4. The van der Waals surface area contributed by atoms with Gasteiger partial charge in [0.15, 0.2) is 0 Å². The number of carbonyl (C=O) groups is 3. The second-order valence-electron chi connectivity index (χ2n) is 5.92. The van der Waals surface area contributed by atoms with Gasteiger partial charge in [0, 0.05) is 12.1 Å². The predicted octanol–water partition coefficient (Wildman–Crippen LogP) is 3.63. The summed E-state index contributed by atoms with van der Waals surface area (Å²) in [6.07, 6.45) is 0.794. The van der Waals surface area contributed by atoms with Gasteiger partial charge in [-0.2, -0.15) is 0 Å². The molecule has 0 bridgehead atoms. The SMILES string of the molecule is CCCNC(=O)c1sc(NC(=O)c2ccc(OC)cc2)c(C(=O)OCC)c1C. The van der Waals surface area contributed by atoms with E-state index in [-0.39, 0.29) is 18.1 Å². The summed E-state index contributed by atoms with van der Waals surface area (Å²) >= 11 is 1.06. The van der Waals surface area contributed by atoms with Gasteiger partial charge in [0.1, 0.15) is 10.8 Å². The molecular weight excluding hydrogens is 380 g/mol. The van der Waals surface area contributed by atoms with Crippen LogP contribution in [-0.4, -0.2) is 38.0 Å². The van der Waals surface area contributed by atoms with Crippen LogP contribution in [0, 0.1) is 6.92 Å². The van der Waals surface area contributed by atoms with Crippen molar-refractivity contribution >= 4 is 34.1 Å². The minimum atomic E-state index is -0.573. The zero-order valence-corrected chi connectivity index (χ0v) is 17.2. The summed E-state index contributed by atoms with van der Waals surface area (Å²) in [4.78, 5) is 37.8. The predicted molar refractivity (Wildman–Crippen MR) is 109 cm³/mol. The van der Waals surface area contributed by atoms with Gasteiger partial charge in [-0.3, -0.25) is 9.59 Å². The summed E-state index contributed by atoms with van der Waals surface area (Å²) in [6, 6.07) is 6.58. The minimum Gasteiger partial charge on any atom is -0.497 e. The number of esters is 1. The molecule has 0 saturated heterocycles. The van der Waals surface area contributed by atoms with Crippen LogP contribution >= 0.6 is 11.3 Å². The van der Waals surface area contributed by atoms with Crippen LogP contribution in [0.5, 0.6) is 5.75 Å². The van der Waals surface area contributed by atoms with Crippen LogP contribution < -0.4 is 15.4 Å². The molecule has 0 unspecified atom stereocenters.